The lowest BCUT2D eigenvalue weighted by atomic mass is 9.99. The monoisotopic (exact) mass is 312 g/mol. The number of hydrogen-bond donors (Lipinski definition) is 2. The summed E-state index contributed by atoms with van der Waals surface area (Å²) in [5.41, 5.74) is 9.46. The highest BCUT2D eigenvalue weighted by molar-refractivity contribution is 5.70. The van der Waals surface area contributed by atoms with Gasteiger partial charge in [-0.2, -0.15) is 0 Å². The molecule has 0 aliphatic rings. The van der Waals surface area contributed by atoms with Crippen LogP contribution in [0.4, 0.5) is 0 Å². The van der Waals surface area contributed by atoms with Crippen molar-refractivity contribution in [2.45, 2.75) is 38.8 Å². The molecule has 3 N–H and O–H groups in total. The van der Waals surface area contributed by atoms with Gasteiger partial charge >= 0.3 is 0 Å². The standard InChI is InChI=1S/C20H28N2O/c1-15(22-14-13-20(2,3)21)16-9-11-17(12-10-16)18-7-5-6-8-19(18)23-4/h5-12,15,22H,13-14,21H2,1-4H3. The minimum absolute atomic E-state index is 0.125. The first kappa shape index (κ1) is 17.5. The van der Waals surface area contributed by atoms with Crippen LogP contribution in [0.5, 0.6) is 5.75 Å². The summed E-state index contributed by atoms with van der Waals surface area (Å²) >= 11 is 0. The lowest BCUT2D eigenvalue weighted by Gasteiger charge is -2.21. The average molecular weight is 312 g/mol. The maximum atomic E-state index is 6.02. The highest BCUT2D eigenvalue weighted by Crippen LogP contribution is 2.30. The van der Waals surface area contributed by atoms with Crippen molar-refractivity contribution >= 4 is 0 Å². The molecule has 0 spiro atoms. The van der Waals surface area contributed by atoms with Crippen LogP contribution in [-0.2, 0) is 0 Å². The smallest absolute Gasteiger partial charge is 0.126 e. The molecule has 1 unspecified atom stereocenters. The van der Waals surface area contributed by atoms with Crippen molar-refractivity contribution in [3.63, 3.8) is 0 Å². The first-order chi connectivity index (χ1) is 10.9. The third kappa shape index (κ3) is 5.08. The Morgan fingerprint density at radius 1 is 1.09 bits per heavy atom. The molecule has 3 heteroatoms. The Bertz CT molecular complexity index is 614. The quantitative estimate of drug-likeness (QED) is 0.808. The van der Waals surface area contributed by atoms with E-state index in [9.17, 15) is 0 Å². The number of ether oxygens (including phenoxy) is 1. The number of hydrogen-bond acceptors (Lipinski definition) is 3. The van der Waals surface area contributed by atoms with Crippen molar-refractivity contribution in [2.75, 3.05) is 13.7 Å². The van der Waals surface area contributed by atoms with E-state index in [1.54, 1.807) is 7.11 Å². The molecule has 2 aromatic carbocycles. The molecule has 2 rings (SSSR count). The number of nitrogens with two attached hydrogens (primary N) is 1. The van der Waals surface area contributed by atoms with E-state index in [4.69, 9.17) is 10.5 Å². The van der Waals surface area contributed by atoms with Crippen molar-refractivity contribution in [2.24, 2.45) is 5.73 Å². The van der Waals surface area contributed by atoms with Gasteiger partial charge in [-0.05, 0) is 50.9 Å². The van der Waals surface area contributed by atoms with Crippen LogP contribution in [0.25, 0.3) is 11.1 Å². The molecule has 0 fully saturated rings. The summed E-state index contributed by atoms with van der Waals surface area (Å²) < 4.78 is 5.44. The molecule has 0 saturated heterocycles. The Balaban J connectivity index is 2.04. The van der Waals surface area contributed by atoms with Crippen molar-refractivity contribution in [1.29, 1.82) is 0 Å². The third-order valence-electron chi connectivity index (χ3n) is 4.05. The largest absolute Gasteiger partial charge is 0.496 e. The molecule has 124 valence electrons. The maximum Gasteiger partial charge on any atom is 0.126 e. The molecule has 0 aromatic heterocycles. The average Bonchev–Trinajstić information content (AvgIpc) is 2.53. The van der Waals surface area contributed by atoms with E-state index in [0.717, 1.165) is 24.3 Å². The Morgan fingerprint density at radius 2 is 1.74 bits per heavy atom. The van der Waals surface area contributed by atoms with Crippen LogP contribution in [0, 0.1) is 0 Å². The normalized spacial score (nSPS) is 12.9. The van der Waals surface area contributed by atoms with Crippen molar-refractivity contribution in [1.82, 2.24) is 5.32 Å². The van der Waals surface area contributed by atoms with Gasteiger partial charge in [-0.25, -0.2) is 0 Å². The van der Waals surface area contributed by atoms with Crippen LogP contribution in [-0.4, -0.2) is 19.2 Å². The number of rotatable bonds is 7. The van der Waals surface area contributed by atoms with Gasteiger partial charge in [-0.3, -0.25) is 0 Å². The van der Waals surface area contributed by atoms with Gasteiger partial charge in [0.1, 0.15) is 5.75 Å². The molecular formula is C20H28N2O. The first-order valence-electron chi connectivity index (χ1n) is 8.16. The minimum atomic E-state index is -0.125. The predicted octanol–water partition coefficient (Wildman–Crippen LogP) is 4.14. The van der Waals surface area contributed by atoms with Crippen LogP contribution >= 0.6 is 0 Å². The summed E-state index contributed by atoms with van der Waals surface area (Å²) in [6, 6.07) is 17.0. The van der Waals surface area contributed by atoms with Crippen LogP contribution in [0.3, 0.4) is 0 Å². The highest BCUT2D eigenvalue weighted by atomic mass is 16.5. The van der Waals surface area contributed by atoms with E-state index in [-0.39, 0.29) is 5.54 Å². The molecule has 0 radical (unpaired) electrons. The lowest BCUT2D eigenvalue weighted by Crippen LogP contribution is -2.36. The summed E-state index contributed by atoms with van der Waals surface area (Å²) in [4.78, 5) is 0. The van der Waals surface area contributed by atoms with Crippen LogP contribution in [0.2, 0.25) is 0 Å². The maximum absolute atomic E-state index is 6.02. The second-order valence-electron chi connectivity index (χ2n) is 6.74. The van der Waals surface area contributed by atoms with Gasteiger partial charge in [0, 0.05) is 17.1 Å². The van der Waals surface area contributed by atoms with Crippen LogP contribution in [0.15, 0.2) is 48.5 Å². The molecule has 2 aromatic rings. The fraction of sp³-hybridized carbons (Fsp3) is 0.400. The second kappa shape index (κ2) is 7.62. The topological polar surface area (TPSA) is 47.3 Å². The Labute approximate surface area is 139 Å². The molecule has 0 amide bonds. The van der Waals surface area contributed by atoms with E-state index >= 15 is 0 Å². The lowest BCUT2D eigenvalue weighted by molar-refractivity contribution is 0.416. The van der Waals surface area contributed by atoms with E-state index in [1.165, 1.54) is 11.1 Å². The van der Waals surface area contributed by atoms with Crippen LogP contribution in [0.1, 0.15) is 38.8 Å². The Hall–Kier alpha value is -1.84. The molecule has 3 nitrogen and oxygen atoms in total. The molecule has 23 heavy (non-hydrogen) atoms. The summed E-state index contributed by atoms with van der Waals surface area (Å²) in [6.07, 6.45) is 0.955. The molecule has 0 aliphatic carbocycles. The molecule has 0 bridgehead atoms. The number of para-hydroxylation sites is 1. The van der Waals surface area contributed by atoms with Gasteiger partial charge in [0.05, 0.1) is 7.11 Å². The molecule has 0 aliphatic heterocycles. The number of methoxy groups -OCH3 is 1. The van der Waals surface area contributed by atoms with Gasteiger partial charge in [0.25, 0.3) is 0 Å². The summed E-state index contributed by atoms with van der Waals surface area (Å²) in [5.74, 6) is 0.900. The van der Waals surface area contributed by atoms with Crippen LogP contribution < -0.4 is 15.8 Å². The van der Waals surface area contributed by atoms with Gasteiger partial charge in [0.2, 0.25) is 0 Å². The molecular weight excluding hydrogens is 284 g/mol. The summed E-state index contributed by atoms with van der Waals surface area (Å²) in [6.45, 7) is 7.21. The zero-order chi connectivity index (χ0) is 16.9. The van der Waals surface area contributed by atoms with Gasteiger partial charge in [0.15, 0.2) is 0 Å². The zero-order valence-corrected chi connectivity index (χ0v) is 14.6. The highest BCUT2D eigenvalue weighted by Gasteiger charge is 2.12. The Kier molecular flexibility index (Phi) is 5.80. The number of benzene rings is 2. The van der Waals surface area contributed by atoms with E-state index in [2.05, 4.69) is 56.4 Å². The predicted molar refractivity (Wildman–Crippen MR) is 97.7 cm³/mol. The summed E-state index contributed by atoms with van der Waals surface area (Å²) in [7, 11) is 1.71. The SMILES string of the molecule is COc1ccccc1-c1ccc(C(C)NCCC(C)(C)N)cc1. The van der Waals surface area contributed by atoms with Crippen molar-refractivity contribution < 1.29 is 4.74 Å². The minimum Gasteiger partial charge on any atom is -0.496 e. The summed E-state index contributed by atoms with van der Waals surface area (Å²) in [5, 5.41) is 3.53. The van der Waals surface area contributed by atoms with E-state index < -0.39 is 0 Å². The van der Waals surface area contributed by atoms with Gasteiger partial charge < -0.3 is 15.8 Å². The fourth-order valence-electron chi connectivity index (χ4n) is 2.56. The van der Waals surface area contributed by atoms with Crippen molar-refractivity contribution in [3.05, 3.63) is 54.1 Å². The number of nitrogens with one attached hydrogen (secondary N) is 1. The van der Waals surface area contributed by atoms with E-state index in [1.807, 2.05) is 18.2 Å². The van der Waals surface area contributed by atoms with Gasteiger partial charge in [-0.15, -0.1) is 0 Å². The first-order valence-corrected chi connectivity index (χ1v) is 8.16. The van der Waals surface area contributed by atoms with E-state index in [0.29, 0.717) is 6.04 Å². The third-order valence-corrected chi connectivity index (χ3v) is 4.05. The fourth-order valence-corrected chi connectivity index (χ4v) is 2.56. The van der Waals surface area contributed by atoms with Crippen molar-refractivity contribution in [3.8, 4) is 16.9 Å². The zero-order valence-electron chi connectivity index (χ0n) is 14.6. The second-order valence-corrected chi connectivity index (χ2v) is 6.74. The van der Waals surface area contributed by atoms with Gasteiger partial charge in [-0.1, -0.05) is 42.5 Å². The Morgan fingerprint density at radius 3 is 2.35 bits per heavy atom. The molecule has 0 saturated carbocycles. The molecule has 0 heterocycles. The molecule has 1 atom stereocenters.